The molecule has 0 N–H and O–H groups in total. The molecule has 0 saturated carbocycles. The SMILES string of the molecule is O=C(c1cccc([N+](=O)[O-])c1)N1CCCC(Oc2cnccn2)C1. The monoisotopic (exact) mass is 328 g/mol. The molecule has 8 heteroatoms. The molecule has 1 saturated heterocycles. The second kappa shape index (κ2) is 7.03. The molecule has 2 heterocycles. The molecule has 1 fully saturated rings. The van der Waals surface area contributed by atoms with E-state index in [1.54, 1.807) is 23.4 Å². The number of benzene rings is 1. The fourth-order valence-corrected chi connectivity index (χ4v) is 2.67. The molecule has 1 atom stereocenters. The van der Waals surface area contributed by atoms with E-state index in [1.165, 1.54) is 24.4 Å². The zero-order chi connectivity index (χ0) is 16.9. The summed E-state index contributed by atoms with van der Waals surface area (Å²) in [6, 6.07) is 5.77. The first-order valence-corrected chi connectivity index (χ1v) is 7.60. The molecular weight excluding hydrogens is 312 g/mol. The van der Waals surface area contributed by atoms with Crippen LogP contribution in [0.15, 0.2) is 42.9 Å². The minimum Gasteiger partial charge on any atom is -0.471 e. The molecule has 0 spiro atoms. The summed E-state index contributed by atoms with van der Waals surface area (Å²) in [6.45, 7) is 1.01. The van der Waals surface area contributed by atoms with Gasteiger partial charge >= 0.3 is 0 Å². The smallest absolute Gasteiger partial charge is 0.270 e. The summed E-state index contributed by atoms with van der Waals surface area (Å²) >= 11 is 0. The van der Waals surface area contributed by atoms with E-state index in [1.807, 2.05) is 0 Å². The van der Waals surface area contributed by atoms with Gasteiger partial charge in [0.1, 0.15) is 6.10 Å². The first-order valence-electron chi connectivity index (χ1n) is 7.60. The largest absolute Gasteiger partial charge is 0.471 e. The molecule has 3 rings (SSSR count). The zero-order valence-electron chi connectivity index (χ0n) is 12.9. The van der Waals surface area contributed by atoms with Crippen LogP contribution in [0.1, 0.15) is 23.2 Å². The van der Waals surface area contributed by atoms with Crippen molar-refractivity contribution >= 4 is 11.6 Å². The Kier molecular flexibility index (Phi) is 4.64. The maximum Gasteiger partial charge on any atom is 0.270 e. The predicted molar refractivity (Wildman–Crippen MR) is 84.7 cm³/mol. The molecule has 2 aromatic rings. The van der Waals surface area contributed by atoms with E-state index in [2.05, 4.69) is 9.97 Å². The highest BCUT2D eigenvalue weighted by Crippen LogP contribution is 2.20. The van der Waals surface area contributed by atoms with Gasteiger partial charge in [0.2, 0.25) is 5.88 Å². The van der Waals surface area contributed by atoms with Gasteiger partial charge < -0.3 is 9.64 Å². The highest BCUT2D eigenvalue weighted by Gasteiger charge is 2.26. The third kappa shape index (κ3) is 3.65. The Hall–Kier alpha value is -3.03. The minimum atomic E-state index is -0.507. The molecule has 24 heavy (non-hydrogen) atoms. The Balaban J connectivity index is 1.69. The summed E-state index contributed by atoms with van der Waals surface area (Å²) in [5, 5.41) is 10.9. The molecule has 1 aliphatic heterocycles. The van der Waals surface area contributed by atoms with Crippen molar-refractivity contribution in [2.75, 3.05) is 13.1 Å². The van der Waals surface area contributed by atoms with Gasteiger partial charge in [0, 0.05) is 36.6 Å². The van der Waals surface area contributed by atoms with Crippen LogP contribution >= 0.6 is 0 Å². The van der Waals surface area contributed by atoms with Gasteiger partial charge in [-0.2, -0.15) is 0 Å². The lowest BCUT2D eigenvalue weighted by atomic mass is 10.1. The van der Waals surface area contributed by atoms with E-state index < -0.39 is 4.92 Å². The third-order valence-electron chi connectivity index (χ3n) is 3.80. The maximum atomic E-state index is 12.6. The van der Waals surface area contributed by atoms with Gasteiger partial charge in [-0.1, -0.05) is 6.07 Å². The summed E-state index contributed by atoms with van der Waals surface area (Å²) in [4.78, 5) is 32.6. The minimum absolute atomic E-state index is 0.0924. The molecule has 124 valence electrons. The highest BCUT2D eigenvalue weighted by molar-refractivity contribution is 5.94. The molecular formula is C16H16N4O4. The van der Waals surface area contributed by atoms with E-state index >= 15 is 0 Å². The van der Waals surface area contributed by atoms with E-state index in [9.17, 15) is 14.9 Å². The van der Waals surface area contributed by atoms with Crippen LogP contribution in [0.5, 0.6) is 5.88 Å². The number of nitrogens with zero attached hydrogens (tertiary/aromatic N) is 4. The number of ether oxygens (including phenoxy) is 1. The number of non-ortho nitro benzene ring substituents is 1. The molecule has 0 aliphatic carbocycles. The van der Waals surface area contributed by atoms with Gasteiger partial charge in [-0.25, -0.2) is 4.98 Å². The predicted octanol–water partition coefficient (Wildman–Crippen LogP) is 2.07. The van der Waals surface area contributed by atoms with Gasteiger partial charge in [0.05, 0.1) is 17.7 Å². The number of rotatable bonds is 4. The molecule has 0 bridgehead atoms. The number of amides is 1. The van der Waals surface area contributed by atoms with Crippen molar-refractivity contribution in [1.82, 2.24) is 14.9 Å². The Bertz CT molecular complexity index is 738. The fourth-order valence-electron chi connectivity index (χ4n) is 2.67. The van der Waals surface area contributed by atoms with Crippen molar-refractivity contribution in [3.63, 3.8) is 0 Å². The molecule has 1 unspecified atom stereocenters. The van der Waals surface area contributed by atoms with Gasteiger partial charge in [0.15, 0.2) is 0 Å². The molecule has 1 aromatic heterocycles. The van der Waals surface area contributed by atoms with Crippen molar-refractivity contribution in [2.24, 2.45) is 0 Å². The number of aromatic nitrogens is 2. The molecule has 8 nitrogen and oxygen atoms in total. The zero-order valence-corrected chi connectivity index (χ0v) is 12.9. The molecule has 1 aromatic carbocycles. The Morgan fingerprint density at radius 1 is 1.38 bits per heavy atom. The summed E-state index contributed by atoms with van der Waals surface area (Å²) < 4.78 is 5.76. The lowest BCUT2D eigenvalue weighted by Crippen LogP contribution is -2.44. The Morgan fingerprint density at radius 2 is 2.25 bits per heavy atom. The number of hydrogen-bond acceptors (Lipinski definition) is 6. The number of carbonyl (C=O) groups is 1. The molecule has 1 amide bonds. The van der Waals surface area contributed by atoms with Gasteiger partial charge in [0.25, 0.3) is 11.6 Å². The third-order valence-corrected chi connectivity index (χ3v) is 3.80. The summed E-state index contributed by atoms with van der Waals surface area (Å²) in [7, 11) is 0. The van der Waals surface area contributed by atoms with E-state index in [0.717, 1.165) is 12.8 Å². The normalized spacial score (nSPS) is 17.3. The van der Waals surface area contributed by atoms with Crippen molar-refractivity contribution in [3.05, 3.63) is 58.5 Å². The van der Waals surface area contributed by atoms with Gasteiger partial charge in [-0.05, 0) is 18.9 Å². The Labute approximate surface area is 138 Å². The van der Waals surface area contributed by atoms with Gasteiger partial charge in [-0.3, -0.25) is 19.9 Å². The van der Waals surface area contributed by atoms with Crippen LogP contribution < -0.4 is 4.74 Å². The van der Waals surface area contributed by atoms with E-state index in [4.69, 9.17) is 4.74 Å². The standard InChI is InChI=1S/C16H16N4O4/c21-16(12-3-1-4-13(9-12)20(22)23)19-8-2-5-14(11-19)24-15-10-17-6-7-18-15/h1,3-4,6-7,9-10,14H,2,5,8,11H2. The quantitative estimate of drug-likeness (QED) is 0.629. The molecule has 0 radical (unpaired) electrons. The van der Waals surface area contributed by atoms with Crippen LogP contribution in [0, 0.1) is 10.1 Å². The topological polar surface area (TPSA) is 98.5 Å². The summed E-state index contributed by atoms with van der Waals surface area (Å²) in [5.41, 5.74) is 0.217. The number of nitro benzene ring substituents is 1. The van der Waals surface area contributed by atoms with Crippen molar-refractivity contribution in [1.29, 1.82) is 0 Å². The van der Waals surface area contributed by atoms with Crippen LogP contribution in [-0.2, 0) is 0 Å². The van der Waals surface area contributed by atoms with Crippen molar-refractivity contribution in [2.45, 2.75) is 18.9 Å². The summed E-state index contributed by atoms with van der Waals surface area (Å²) in [6.07, 6.45) is 6.08. The van der Waals surface area contributed by atoms with E-state index in [-0.39, 0.29) is 17.7 Å². The average Bonchev–Trinajstić information content (AvgIpc) is 2.62. The number of carbonyl (C=O) groups excluding carboxylic acids is 1. The van der Waals surface area contributed by atoms with Crippen molar-refractivity contribution in [3.8, 4) is 5.88 Å². The lowest BCUT2D eigenvalue weighted by molar-refractivity contribution is -0.384. The Morgan fingerprint density at radius 3 is 3.00 bits per heavy atom. The second-order valence-corrected chi connectivity index (χ2v) is 5.48. The van der Waals surface area contributed by atoms with Crippen LogP contribution in [0.25, 0.3) is 0 Å². The molecule has 1 aliphatic rings. The lowest BCUT2D eigenvalue weighted by Gasteiger charge is -2.32. The average molecular weight is 328 g/mol. The van der Waals surface area contributed by atoms with Gasteiger partial charge in [-0.15, -0.1) is 0 Å². The highest BCUT2D eigenvalue weighted by atomic mass is 16.6. The van der Waals surface area contributed by atoms with E-state index in [0.29, 0.717) is 24.5 Å². The van der Waals surface area contributed by atoms with Crippen LogP contribution in [-0.4, -0.2) is 44.9 Å². The fraction of sp³-hybridized carbons (Fsp3) is 0.312. The maximum absolute atomic E-state index is 12.6. The summed E-state index contributed by atoms with van der Waals surface area (Å²) in [5.74, 6) is 0.193. The number of hydrogen-bond donors (Lipinski definition) is 0. The second-order valence-electron chi connectivity index (χ2n) is 5.48. The first-order chi connectivity index (χ1) is 11.6. The number of likely N-dealkylation sites (tertiary alicyclic amines) is 1. The van der Waals surface area contributed by atoms with Crippen LogP contribution in [0.4, 0.5) is 5.69 Å². The van der Waals surface area contributed by atoms with Crippen LogP contribution in [0.3, 0.4) is 0 Å². The number of nitro groups is 1. The van der Waals surface area contributed by atoms with Crippen LogP contribution in [0.2, 0.25) is 0 Å². The first kappa shape index (κ1) is 15.9. The number of piperidine rings is 1. The van der Waals surface area contributed by atoms with Crippen molar-refractivity contribution < 1.29 is 14.5 Å².